The lowest BCUT2D eigenvalue weighted by Crippen LogP contribution is -2.52. The Hall–Kier alpha value is 0.270. The third kappa shape index (κ3) is 4.64. The number of thioether (sulfide) groups is 1. The van der Waals surface area contributed by atoms with Crippen molar-refractivity contribution in [1.29, 1.82) is 0 Å². The molecule has 0 bridgehead atoms. The maximum absolute atomic E-state index is 9.50. The molecule has 96 valence electrons. The van der Waals surface area contributed by atoms with Gasteiger partial charge in [0.1, 0.15) is 0 Å². The molecule has 1 aliphatic rings. The Balaban J connectivity index is 2.34. The van der Waals surface area contributed by atoms with E-state index >= 15 is 0 Å². The summed E-state index contributed by atoms with van der Waals surface area (Å²) in [5, 5.41) is 13.1. The minimum atomic E-state index is -0.0577. The number of aliphatic hydroxyl groups is 1. The minimum absolute atomic E-state index is 0.0577. The van der Waals surface area contributed by atoms with Crippen LogP contribution in [0.25, 0.3) is 0 Å². The lowest BCUT2D eigenvalue weighted by atomic mass is 9.96. The van der Waals surface area contributed by atoms with E-state index in [0.717, 1.165) is 5.75 Å². The Morgan fingerprint density at radius 2 is 1.88 bits per heavy atom. The molecule has 0 aromatic heterocycles. The molecule has 2 nitrogen and oxygen atoms in total. The summed E-state index contributed by atoms with van der Waals surface area (Å²) in [6.45, 7) is 11.4. The summed E-state index contributed by atoms with van der Waals surface area (Å²) in [5.41, 5.74) is -0.0577. The fourth-order valence-corrected chi connectivity index (χ4v) is 2.83. The van der Waals surface area contributed by atoms with Gasteiger partial charge in [-0.2, -0.15) is 11.8 Å². The molecule has 0 aromatic rings. The molecule has 0 aliphatic heterocycles. The van der Waals surface area contributed by atoms with Crippen LogP contribution in [0.15, 0.2) is 0 Å². The van der Waals surface area contributed by atoms with E-state index in [4.69, 9.17) is 0 Å². The zero-order valence-corrected chi connectivity index (χ0v) is 12.2. The van der Waals surface area contributed by atoms with Gasteiger partial charge in [-0.1, -0.05) is 20.8 Å². The highest BCUT2D eigenvalue weighted by Crippen LogP contribution is 2.39. The summed E-state index contributed by atoms with van der Waals surface area (Å²) < 4.78 is 0.325. The van der Waals surface area contributed by atoms with Crippen LogP contribution in [0.4, 0.5) is 0 Å². The average Bonchev–Trinajstić information content (AvgIpc) is 2.96. The molecule has 2 atom stereocenters. The second kappa shape index (κ2) is 5.28. The Bertz CT molecular complexity index is 222. The molecule has 0 saturated heterocycles. The highest BCUT2D eigenvalue weighted by Gasteiger charge is 2.41. The zero-order valence-electron chi connectivity index (χ0n) is 11.3. The van der Waals surface area contributed by atoms with Gasteiger partial charge in [-0.3, -0.25) is 0 Å². The van der Waals surface area contributed by atoms with E-state index in [-0.39, 0.29) is 12.1 Å². The Labute approximate surface area is 105 Å². The highest BCUT2D eigenvalue weighted by molar-refractivity contribution is 8.00. The molecule has 1 saturated carbocycles. The second-order valence-electron chi connectivity index (χ2n) is 6.32. The molecule has 3 heteroatoms. The van der Waals surface area contributed by atoms with Crippen molar-refractivity contribution in [2.24, 2.45) is 5.92 Å². The molecule has 0 amide bonds. The number of aliphatic hydroxyl groups excluding tert-OH is 1. The van der Waals surface area contributed by atoms with Crippen LogP contribution in [0.3, 0.4) is 0 Å². The van der Waals surface area contributed by atoms with Crippen molar-refractivity contribution in [3.05, 3.63) is 0 Å². The van der Waals surface area contributed by atoms with E-state index in [1.807, 2.05) is 11.8 Å². The first-order chi connectivity index (χ1) is 7.27. The second-order valence-corrected chi connectivity index (χ2v) is 8.17. The summed E-state index contributed by atoms with van der Waals surface area (Å²) in [7, 11) is 0. The van der Waals surface area contributed by atoms with Crippen molar-refractivity contribution in [1.82, 2.24) is 5.32 Å². The van der Waals surface area contributed by atoms with Crippen molar-refractivity contribution < 1.29 is 5.11 Å². The number of hydrogen-bond acceptors (Lipinski definition) is 3. The van der Waals surface area contributed by atoms with E-state index in [1.54, 1.807) is 0 Å². The Kier molecular flexibility index (Phi) is 4.73. The first-order valence-electron chi connectivity index (χ1n) is 6.29. The quantitative estimate of drug-likeness (QED) is 0.754. The molecule has 2 N–H and O–H groups in total. The largest absolute Gasteiger partial charge is 0.394 e. The lowest BCUT2D eigenvalue weighted by Gasteiger charge is -2.33. The molecule has 0 aromatic carbocycles. The van der Waals surface area contributed by atoms with Gasteiger partial charge in [0.25, 0.3) is 0 Å². The van der Waals surface area contributed by atoms with Gasteiger partial charge >= 0.3 is 0 Å². The third-order valence-corrected chi connectivity index (χ3v) is 4.68. The van der Waals surface area contributed by atoms with Gasteiger partial charge < -0.3 is 10.4 Å². The maximum atomic E-state index is 9.50. The fourth-order valence-electron chi connectivity index (χ4n) is 1.99. The van der Waals surface area contributed by atoms with Gasteiger partial charge in [0, 0.05) is 22.1 Å². The van der Waals surface area contributed by atoms with Gasteiger partial charge in [0.15, 0.2) is 0 Å². The Morgan fingerprint density at radius 1 is 1.31 bits per heavy atom. The molecular weight excluding hydrogens is 218 g/mol. The van der Waals surface area contributed by atoms with Crippen LogP contribution in [-0.4, -0.2) is 33.8 Å². The van der Waals surface area contributed by atoms with Crippen LogP contribution >= 0.6 is 11.8 Å². The summed E-state index contributed by atoms with van der Waals surface area (Å²) in [6, 6.07) is 0.460. The standard InChI is InChI=1S/C13H27NOS/c1-10(8-16-12(2,3)4)14-13(5,9-15)11-6-7-11/h10-11,14-15H,6-9H2,1-5H3. The minimum Gasteiger partial charge on any atom is -0.394 e. The molecule has 0 heterocycles. The van der Waals surface area contributed by atoms with Crippen molar-refractivity contribution in [2.75, 3.05) is 12.4 Å². The number of rotatable bonds is 6. The van der Waals surface area contributed by atoms with Crippen molar-refractivity contribution in [3.8, 4) is 0 Å². The third-order valence-electron chi connectivity index (χ3n) is 3.15. The first-order valence-corrected chi connectivity index (χ1v) is 7.28. The van der Waals surface area contributed by atoms with Gasteiger partial charge in [-0.15, -0.1) is 0 Å². The molecule has 0 spiro atoms. The summed E-state index contributed by atoms with van der Waals surface area (Å²) in [5.74, 6) is 1.78. The summed E-state index contributed by atoms with van der Waals surface area (Å²) >= 11 is 1.98. The Morgan fingerprint density at radius 3 is 2.25 bits per heavy atom. The van der Waals surface area contributed by atoms with Gasteiger partial charge in [0.05, 0.1) is 6.61 Å². The van der Waals surface area contributed by atoms with Crippen molar-refractivity contribution in [2.45, 2.75) is 63.8 Å². The molecule has 1 aliphatic carbocycles. The summed E-state index contributed by atoms with van der Waals surface area (Å²) in [4.78, 5) is 0. The molecular formula is C13H27NOS. The van der Waals surface area contributed by atoms with E-state index in [1.165, 1.54) is 12.8 Å². The van der Waals surface area contributed by atoms with E-state index in [9.17, 15) is 5.11 Å². The topological polar surface area (TPSA) is 32.3 Å². The SMILES string of the molecule is CC(CSC(C)(C)C)NC(C)(CO)C1CC1. The van der Waals surface area contributed by atoms with Crippen molar-refractivity contribution in [3.63, 3.8) is 0 Å². The monoisotopic (exact) mass is 245 g/mol. The van der Waals surface area contributed by atoms with Crippen LogP contribution in [0.1, 0.15) is 47.5 Å². The molecule has 2 unspecified atom stereocenters. The summed E-state index contributed by atoms with van der Waals surface area (Å²) in [6.07, 6.45) is 2.53. The number of hydrogen-bond donors (Lipinski definition) is 2. The zero-order chi connectivity index (χ0) is 12.4. The van der Waals surface area contributed by atoms with Gasteiger partial charge in [-0.05, 0) is 32.6 Å². The lowest BCUT2D eigenvalue weighted by molar-refractivity contribution is 0.147. The van der Waals surface area contributed by atoms with Crippen LogP contribution < -0.4 is 5.32 Å². The smallest absolute Gasteiger partial charge is 0.0613 e. The van der Waals surface area contributed by atoms with Crippen LogP contribution in [0.5, 0.6) is 0 Å². The van der Waals surface area contributed by atoms with Gasteiger partial charge in [0.2, 0.25) is 0 Å². The molecule has 0 radical (unpaired) electrons. The predicted molar refractivity (Wildman–Crippen MR) is 73.0 cm³/mol. The van der Waals surface area contributed by atoms with Crippen LogP contribution in [-0.2, 0) is 0 Å². The fraction of sp³-hybridized carbons (Fsp3) is 1.00. The maximum Gasteiger partial charge on any atom is 0.0613 e. The van der Waals surface area contributed by atoms with E-state index < -0.39 is 0 Å². The normalized spacial score (nSPS) is 22.9. The first kappa shape index (κ1) is 14.3. The predicted octanol–water partition coefficient (Wildman–Crippen LogP) is 2.66. The molecule has 16 heavy (non-hydrogen) atoms. The van der Waals surface area contributed by atoms with Crippen LogP contribution in [0.2, 0.25) is 0 Å². The van der Waals surface area contributed by atoms with E-state index in [0.29, 0.717) is 16.7 Å². The average molecular weight is 245 g/mol. The highest BCUT2D eigenvalue weighted by atomic mass is 32.2. The van der Waals surface area contributed by atoms with Gasteiger partial charge in [-0.25, -0.2) is 0 Å². The van der Waals surface area contributed by atoms with E-state index in [2.05, 4.69) is 39.9 Å². The molecule has 1 rings (SSSR count). The molecule has 1 fully saturated rings. The number of nitrogens with one attached hydrogen (secondary N) is 1. The van der Waals surface area contributed by atoms with Crippen LogP contribution in [0, 0.1) is 5.92 Å². The van der Waals surface area contributed by atoms with Crippen molar-refractivity contribution >= 4 is 11.8 Å².